The average molecular weight is 641 g/mol. The van der Waals surface area contributed by atoms with Crippen LogP contribution in [0.4, 0.5) is 0 Å². The van der Waals surface area contributed by atoms with E-state index in [2.05, 4.69) is 15.2 Å². The number of aromatic nitrogens is 3. The Morgan fingerprint density at radius 1 is 0.692 bits per heavy atom. The Hall–Kier alpha value is -2.66. The van der Waals surface area contributed by atoms with Gasteiger partial charge in [-0.1, -0.05) is 70.7 Å². The van der Waals surface area contributed by atoms with Gasteiger partial charge in [-0.25, -0.2) is 16.8 Å². The first kappa shape index (κ1) is 27.9. The molecule has 7 nitrogen and oxygen atoms in total. The van der Waals surface area contributed by atoms with Crippen LogP contribution in [0.5, 0.6) is 0 Å². The molecule has 200 valence electrons. The van der Waals surface area contributed by atoms with E-state index in [0.29, 0.717) is 27.9 Å². The van der Waals surface area contributed by atoms with Gasteiger partial charge in [-0.3, -0.25) is 10.1 Å². The van der Waals surface area contributed by atoms with E-state index in [1.807, 2.05) is 0 Å². The number of sulfone groups is 2. The van der Waals surface area contributed by atoms with E-state index in [-0.39, 0.29) is 41.4 Å². The maximum atomic E-state index is 13.0. The van der Waals surface area contributed by atoms with E-state index < -0.39 is 19.7 Å². The van der Waals surface area contributed by atoms with Crippen LogP contribution in [0, 0.1) is 0 Å². The van der Waals surface area contributed by atoms with Crippen LogP contribution in [0.1, 0.15) is 11.3 Å². The smallest absolute Gasteiger partial charge is 0.185 e. The molecule has 2 heterocycles. The fourth-order valence-electron chi connectivity index (χ4n) is 3.99. The van der Waals surface area contributed by atoms with Gasteiger partial charge in [0.2, 0.25) is 0 Å². The number of rotatable bonds is 7. The Balaban J connectivity index is 1.37. The molecule has 0 aliphatic heterocycles. The first-order valence-electron chi connectivity index (χ1n) is 11.2. The molecule has 0 amide bonds. The molecule has 0 bridgehead atoms. The molecule has 0 radical (unpaired) electrons. The number of halogens is 4. The van der Waals surface area contributed by atoms with Crippen LogP contribution >= 0.6 is 46.4 Å². The monoisotopic (exact) mass is 639 g/mol. The molecule has 0 unspecified atom stereocenters. The topological polar surface area (TPSA) is 110 Å². The van der Waals surface area contributed by atoms with E-state index in [0.717, 1.165) is 5.56 Å². The number of aromatic amines is 1. The van der Waals surface area contributed by atoms with Crippen molar-refractivity contribution in [1.29, 1.82) is 0 Å². The number of benzene rings is 3. The molecule has 39 heavy (non-hydrogen) atoms. The summed E-state index contributed by atoms with van der Waals surface area (Å²) in [6.07, 6.45) is 1.54. The van der Waals surface area contributed by atoms with Gasteiger partial charge in [0.05, 0.1) is 48.2 Å². The second kappa shape index (κ2) is 10.7. The van der Waals surface area contributed by atoms with Crippen LogP contribution in [0.2, 0.25) is 20.1 Å². The Kier molecular flexibility index (Phi) is 7.67. The van der Waals surface area contributed by atoms with Crippen molar-refractivity contribution in [1.82, 2.24) is 15.2 Å². The molecule has 5 rings (SSSR count). The van der Waals surface area contributed by atoms with Crippen molar-refractivity contribution < 1.29 is 16.8 Å². The van der Waals surface area contributed by atoms with Crippen LogP contribution in [0.15, 0.2) is 82.7 Å². The third-order valence-electron chi connectivity index (χ3n) is 5.92. The van der Waals surface area contributed by atoms with Crippen molar-refractivity contribution >= 4 is 77.0 Å². The van der Waals surface area contributed by atoms with Gasteiger partial charge < -0.3 is 0 Å². The number of pyridine rings is 1. The Bertz CT molecular complexity index is 1940. The number of nitrogens with one attached hydrogen (secondary N) is 1. The zero-order valence-electron chi connectivity index (χ0n) is 19.7. The van der Waals surface area contributed by atoms with Crippen LogP contribution < -0.4 is 0 Å². The molecule has 0 spiro atoms. The van der Waals surface area contributed by atoms with Gasteiger partial charge in [0, 0.05) is 27.2 Å². The van der Waals surface area contributed by atoms with Crippen LogP contribution in [0.25, 0.3) is 22.2 Å². The van der Waals surface area contributed by atoms with Crippen LogP contribution in [-0.4, -0.2) is 32.0 Å². The van der Waals surface area contributed by atoms with Crippen molar-refractivity contribution in [3.8, 4) is 11.3 Å². The van der Waals surface area contributed by atoms with Crippen molar-refractivity contribution in [2.24, 2.45) is 0 Å². The highest BCUT2D eigenvalue weighted by Crippen LogP contribution is 2.31. The van der Waals surface area contributed by atoms with Crippen molar-refractivity contribution in [3.05, 3.63) is 104 Å². The van der Waals surface area contributed by atoms with E-state index in [1.165, 1.54) is 42.6 Å². The lowest BCUT2D eigenvalue weighted by molar-refractivity contribution is 0.593. The summed E-state index contributed by atoms with van der Waals surface area (Å²) >= 11 is 24.1. The molecule has 13 heteroatoms. The fourth-order valence-corrected chi connectivity index (χ4v) is 8.29. The average Bonchev–Trinajstić information content (AvgIpc) is 3.28. The van der Waals surface area contributed by atoms with Gasteiger partial charge in [-0.2, -0.15) is 5.10 Å². The Morgan fingerprint density at radius 3 is 1.85 bits per heavy atom. The molecule has 0 aliphatic carbocycles. The van der Waals surface area contributed by atoms with Crippen LogP contribution in [0.3, 0.4) is 0 Å². The third-order valence-corrected chi connectivity index (χ3v) is 10.7. The van der Waals surface area contributed by atoms with E-state index in [9.17, 15) is 16.8 Å². The first-order valence-corrected chi connectivity index (χ1v) is 16.0. The molecule has 3 aromatic carbocycles. The van der Waals surface area contributed by atoms with E-state index >= 15 is 0 Å². The van der Waals surface area contributed by atoms with Crippen molar-refractivity contribution in [2.45, 2.75) is 21.3 Å². The third kappa shape index (κ3) is 5.94. The van der Waals surface area contributed by atoms with E-state index in [4.69, 9.17) is 46.4 Å². The van der Waals surface area contributed by atoms with Gasteiger partial charge >= 0.3 is 0 Å². The van der Waals surface area contributed by atoms with Gasteiger partial charge in [0.25, 0.3) is 0 Å². The fraction of sp³-hybridized carbons (Fsp3) is 0.0769. The molecule has 5 aromatic rings. The highest BCUT2D eigenvalue weighted by molar-refractivity contribution is 7.91. The summed E-state index contributed by atoms with van der Waals surface area (Å²) in [4.78, 5) is 4.37. The zero-order chi connectivity index (χ0) is 27.9. The summed E-state index contributed by atoms with van der Waals surface area (Å²) in [6, 6.07) is 17.2. The summed E-state index contributed by atoms with van der Waals surface area (Å²) in [6.45, 7) is 0. The second-order valence-electron chi connectivity index (χ2n) is 8.65. The lowest BCUT2D eigenvalue weighted by Gasteiger charge is -2.08. The molecule has 0 saturated carbocycles. The summed E-state index contributed by atoms with van der Waals surface area (Å²) in [5.41, 5.74) is 2.74. The number of H-pyrrole nitrogens is 1. The SMILES string of the molecule is O=S(=O)(Cc1ccc(-c2cc3n[nH]c(CS(=O)(=O)c4cc(Cl)ccc4Cl)c3cn2)cc1)c1cc(Cl)ccc1Cl. The molecule has 1 N–H and O–H groups in total. The van der Waals surface area contributed by atoms with E-state index in [1.54, 1.807) is 30.3 Å². The Morgan fingerprint density at radius 2 is 1.26 bits per heavy atom. The minimum absolute atomic E-state index is 0.0261. The standard InChI is InChI=1S/C26H17Cl4N3O4S2/c27-17-5-7-20(29)25(9-17)38(34,35)13-15-1-3-16(4-2-15)22-11-23-19(12-31-22)24(33-32-23)14-39(36,37)26-10-18(28)6-8-21(26)30/h1-12H,13-14H2,(H,32,33). The molecule has 2 aromatic heterocycles. The quantitative estimate of drug-likeness (QED) is 0.202. The van der Waals surface area contributed by atoms with Gasteiger partial charge in [-0.05, 0) is 48.0 Å². The predicted molar refractivity (Wildman–Crippen MR) is 154 cm³/mol. The number of hydrogen-bond acceptors (Lipinski definition) is 6. The second-order valence-corrected chi connectivity index (χ2v) is 14.3. The van der Waals surface area contributed by atoms with Gasteiger partial charge in [-0.15, -0.1) is 0 Å². The maximum absolute atomic E-state index is 13.0. The normalized spacial score (nSPS) is 12.2. The number of fused-ring (bicyclic) bond motifs is 1. The molecule has 0 fully saturated rings. The summed E-state index contributed by atoms with van der Waals surface area (Å²) in [7, 11) is -7.54. The minimum atomic E-state index is -3.82. The molecule has 0 atom stereocenters. The highest BCUT2D eigenvalue weighted by Gasteiger charge is 2.23. The van der Waals surface area contributed by atoms with Gasteiger partial charge in [0.15, 0.2) is 19.7 Å². The molecular weight excluding hydrogens is 624 g/mol. The first-order chi connectivity index (χ1) is 18.4. The highest BCUT2D eigenvalue weighted by atomic mass is 35.5. The number of nitrogens with zero attached hydrogens (tertiary/aromatic N) is 2. The Labute approximate surface area is 244 Å². The van der Waals surface area contributed by atoms with Crippen LogP contribution in [-0.2, 0) is 31.2 Å². The number of hydrogen-bond donors (Lipinski definition) is 1. The summed E-state index contributed by atoms with van der Waals surface area (Å²) in [5, 5.41) is 8.29. The van der Waals surface area contributed by atoms with Crippen molar-refractivity contribution in [3.63, 3.8) is 0 Å². The lowest BCUT2D eigenvalue weighted by Crippen LogP contribution is -2.06. The molecule has 0 saturated heterocycles. The molecule has 0 aliphatic rings. The zero-order valence-corrected chi connectivity index (χ0v) is 24.4. The predicted octanol–water partition coefficient (Wildman–Crippen LogP) is 7.19. The largest absolute Gasteiger partial charge is 0.280 e. The minimum Gasteiger partial charge on any atom is -0.280 e. The summed E-state index contributed by atoms with van der Waals surface area (Å²) < 4.78 is 51.7. The summed E-state index contributed by atoms with van der Waals surface area (Å²) in [5.74, 6) is -0.627. The maximum Gasteiger partial charge on any atom is 0.185 e. The van der Waals surface area contributed by atoms with Crippen molar-refractivity contribution in [2.75, 3.05) is 0 Å². The lowest BCUT2D eigenvalue weighted by atomic mass is 10.1. The van der Waals surface area contributed by atoms with Gasteiger partial charge in [0.1, 0.15) is 0 Å². The molecular formula is C26H17Cl4N3O4S2.